The summed E-state index contributed by atoms with van der Waals surface area (Å²) in [5, 5.41) is 18.0. The standard InChI is InChI=1S/C14H21N3O/c18-11-9-10(13(11)17-8-2-7-15-17)16-12-3-6-14(12)4-1-5-14/h2,7-8,10-13,16,18H,1,3-6,9H2/t10-,11+,12?,13+/m0/s1. The van der Waals surface area contributed by atoms with Gasteiger partial charge in [0.25, 0.3) is 0 Å². The van der Waals surface area contributed by atoms with Crippen molar-refractivity contribution >= 4 is 0 Å². The van der Waals surface area contributed by atoms with Crippen molar-refractivity contribution in [3.05, 3.63) is 18.5 Å². The fraction of sp³-hybridized carbons (Fsp3) is 0.786. The number of aliphatic hydroxyl groups excluding tert-OH is 1. The molecule has 1 spiro atoms. The fourth-order valence-corrected chi connectivity index (χ4v) is 4.04. The Labute approximate surface area is 107 Å². The van der Waals surface area contributed by atoms with E-state index in [1.807, 2.05) is 16.9 Å². The van der Waals surface area contributed by atoms with Gasteiger partial charge in [-0.1, -0.05) is 6.42 Å². The van der Waals surface area contributed by atoms with Gasteiger partial charge in [0.05, 0.1) is 12.1 Å². The van der Waals surface area contributed by atoms with Crippen LogP contribution in [0.5, 0.6) is 0 Å². The van der Waals surface area contributed by atoms with E-state index in [-0.39, 0.29) is 12.1 Å². The number of nitrogens with zero attached hydrogens (tertiary/aromatic N) is 2. The van der Waals surface area contributed by atoms with E-state index >= 15 is 0 Å². The van der Waals surface area contributed by atoms with Gasteiger partial charge in [-0.15, -0.1) is 0 Å². The molecule has 0 radical (unpaired) electrons. The summed E-state index contributed by atoms with van der Waals surface area (Å²) in [7, 11) is 0. The van der Waals surface area contributed by atoms with Gasteiger partial charge in [-0.3, -0.25) is 4.68 Å². The van der Waals surface area contributed by atoms with Crippen LogP contribution in [0.4, 0.5) is 0 Å². The van der Waals surface area contributed by atoms with Crippen molar-refractivity contribution in [2.45, 2.75) is 62.8 Å². The van der Waals surface area contributed by atoms with E-state index in [1.54, 1.807) is 6.20 Å². The molecule has 3 aliphatic carbocycles. The lowest BCUT2D eigenvalue weighted by atomic mass is 9.52. The van der Waals surface area contributed by atoms with E-state index in [1.165, 1.54) is 32.1 Å². The summed E-state index contributed by atoms with van der Waals surface area (Å²) >= 11 is 0. The van der Waals surface area contributed by atoms with Crippen molar-refractivity contribution in [3.63, 3.8) is 0 Å². The van der Waals surface area contributed by atoms with Crippen LogP contribution in [0.15, 0.2) is 18.5 Å². The number of nitrogens with one attached hydrogen (secondary N) is 1. The van der Waals surface area contributed by atoms with E-state index in [4.69, 9.17) is 0 Å². The third-order valence-electron chi connectivity index (χ3n) is 5.57. The highest BCUT2D eigenvalue weighted by Gasteiger charge is 2.53. The lowest BCUT2D eigenvalue weighted by molar-refractivity contribution is -0.0632. The number of hydrogen-bond acceptors (Lipinski definition) is 3. The first kappa shape index (κ1) is 11.0. The molecule has 0 aromatic carbocycles. The maximum Gasteiger partial charge on any atom is 0.0932 e. The van der Waals surface area contributed by atoms with Gasteiger partial charge >= 0.3 is 0 Å². The largest absolute Gasteiger partial charge is 0.391 e. The highest BCUT2D eigenvalue weighted by molar-refractivity contribution is 5.09. The molecule has 1 aromatic heterocycles. The summed E-state index contributed by atoms with van der Waals surface area (Å²) in [5.41, 5.74) is 0.634. The van der Waals surface area contributed by atoms with Crippen LogP contribution in [0, 0.1) is 5.41 Å². The molecule has 3 aliphatic rings. The van der Waals surface area contributed by atoms with Gasteiger partial charge < -0.3 is 10.4 Å². The van der Waals surface area contributed by atoms with Crippen LogP contribution >= 0.6 is 0 Å². The van der Waals surface area contributed by atoms with Crippen LogP contribution in [-0.2, 0) is 0 Å². The fourth-order valence-electron chi connectivity index (χ4n) is 4.04. The average molecular weight is 247 g/mol. The molecule has 0 bridgehead atoms. The van der Waals surface area contributed by atoms with Gasteiger partial charge in [-0.25, -0.2) is 0 Å². The van der Waals surface area contributed by atoms with Crippen molar-refractivity contribution < 1.29 is 5.11 Å². The Hall–Kier alpha value is -0.870. The Morgan fingerprint density at radius 3 is 2.72 bits per heavy atom. The highest BCUT2D eigenvalue weighted by atomic mass is 16.3. The van der Waals surface area contributed by atoms with E-state index in [0.29, 0.717) is 17.5 Å². The van der Waals surface area contributed by atoms with E-state index in [9.17, 15) is 5.11 Å². The molecular formula is C14H21N3O. The topological polar surface area (TPSA) is 50.1 Å². The molecule has 3 fully saturated rings. The first-order valence-electron chi connectivity index (χ1n) is 7.22. The van der Waals surface area contributed by atoms with Crippen LogP contribution in [0.1, 0.15) is 44.6 Å². The van der Waals surface area contributed by atoms with Crippen LogP contribution in [-0.4, -0.2) is 33.1 Å². The number of rotatable bonds is 3. The molecule has 1 unspecified atom stereocenters. The molecule has 4 heteroatoms. The molecule has 3 saturated carbocycles. The number of aliphatic hydroxyl groups is 1. The molecule has 0 saturated heterocycles. The third kappa shape index (κ3) is 1.42. The minimum absolute atomic E-state index is 0.137. The monoisotopic (exact) mass is 247 g/mol. The van der Waals surface area contributed by atoms with Crippen LogP contribution in [0.25, 0.3) is 0 Å². The second-order valence-electron chi connectivity index (χ2n) is 6.36. The van der Waals surface area contributed by atoms with Crippen LogP contribution in [0.2, 0.25) is 0 Å². The summed E-state index contributed by atoms with van der Waals surface area (Å²) in [6, 6.07) is 3.17. The number of hydrogen-bond donors (Lipinski definition) is 2. The molecular weight excluding hydrogens is 226 g/mol. The SMILES string of the molecule is O[C@@H]1C[C@H](NC2CCC23CCC3)[C@H]1n1cccn1. The summed E-state index contributed by atoms with van der Waals surface area (Å²) < 4.78 is 1.91. The van der Waals surface area contributed by atoms with E-state index in [0.717, 1.165) is 6.42 Å². The van der Waals surface area contributed by atoms with Gasteiger partial charge in [-0.05, 0) is 43.6 Å². The van der Waals surface area contributed by atoms with Crippen molar-refractivity contribution in [2.24, 2.45) is 5.41 Å². The molecule has 1 aromatic rings. The van der Waals surface area contributed by atoms with Gasteiger partial charge in [0.2, 0.25) is 0 Å². The quantitative estimate of drug-likeness (QED) is 0.850. The van der Waals surface area contributed by atoms with Crippen LogP contribution in [0.3, 0.4) is 0 Å². The zero-order valence-corrected chi connectivity index (χ0v) is 10.6. The Kier molecular flexibility index (Phi) is 2.33. The lowest BCUT2D eigenvalue weighted by Gasteiger charge is -2.59. The van der Waals surface area contributed by atoms with Gasteiger partial charge in [0, 0.05) is 24.5 Å². The Morgan fingerprint density at radius 1 is 1.33 bits per heavy atom. The summed E-state index contributed by atoms with van der Waals surface area (Å²) in [4.78, 5) is 0. The smallest absolute Gasteiger partial charge is 0.0932 e. The Bertz CT molecular complexity index is 421. The van der Waals surface area contributed by atoms with Crippen LogP contribution < -0.4 is 5.32 Å². The maximum atomic E-state index is 9.95. The molecule has 0 amide bonds. The Balaban J connectivity index is 1.43. The van der Waals surface area contributed by atoms with E-state index < -0.39 is 0 Å². The molecule has 98 valence electrons. The lowest BCUT2D eigenvalue weighted by Crippen LogP contribution is -2.64. The summed E-state index contributed by atoms with van der Waals surface area (Å²) in [6.07, 6.45) is 11.3. The molecule has 18 heavy (non-hydrogen) atoms. The summed E-state index contributed by atoms with van der Waals surface area (Å²) in [5.74, 6) is 0. The van der Waals surface area contributed by atoms with Gasteiger partial charge in [-0.2, -0.15) is 5.10 Å². The molecule has 4 rings (SSSR count). The predicted molar refractivity (Wildman–Crippen MR) is 68.1 cm³/mol. The average Bonchev–Trinajstić information content (AvgIpc) is 2.73. The van der Waals surface area contributed by atoms with E-state index in [2.05, 4.69) is 10.4 Å². The second-order valence-corrected chi connectivity index (χ2v) is 6.36. The summed E-state index contributed by atoms with van der Waals surface area (Å²) in [6.45, 7) is 0. The molecule has 4 nitrogen and oxygen atoms in total. The highest BCUT2D eigenvalue weighted by Crippen LogP contribution is 2.56. The predicted octanol–water partition coefficient (Wildman–Crippen LogP) is 1.48. The first-order valence-corrected chi connectivity index (χ1v) is 7.22. The normalized spacial score (nSPS) is 40.9. The molecule has 4 atom stereocenters. The van der Waals surface area contributed by atoms with Gasteiger partial charge in [0.15, 0.2) is 0 Å². The molecule has 0 aliphatic heterocycles. The van der Waals surface area contributed by atoms with Crippen molar-refractivity contribution in [1.29, 1.82) is 0 Å². The second kappa shape index (κ2) is 3.81. The zero-order valence-electron chi connectivity index (χ0n) is 10.6. The molecule has 1 heterocycles. The van der Waals surface area contributed by atoms with Crippen molar-refractivity contribution in [2.75, 3.05) is 0 Å². The molecule has 2 N–H and O–H groups in total. The van der Waals surface area contributed by atoms with Crippen molar-refractivity contribution in [1.82, 2.24) is 15.1 Å². The number of aromatic nitrogens is 2. The minimum Gasteiger partial charge on any atom is -0.391 e. The van der Waals surface area contributed by atoms with Gasteiger partial charge in [0.1, 0.15) is 0 Å². The minimum atomic E-state index is -0.236. The van der Waals surface area contributed by atoms with Crippen molar-refractivity contribution in [3.8, 4) is 0 Å². The third-order valence-corrected chi connectivity index (χ3v) is 5.57. The Morgan fingerprint density at radius 2 is 2.22 bits per heavy atom. The maximum absolute atomic E-state index is 9.95. The first-order chi connectivity index (χ1) is 8.78. The zero-order chi connectivity index (χ0) is 12.2.